The third-order valence-electron chi connectivity index (χ3n) is 3.59. The van der Waals surface area contributed by atoms with Gasteiger partial charge in [0.2, 0.25) is 0 Å². The van der Waals surface area contributed by atoms with E-state index in [1.54, 1.807) is 17.7 Å². The summed E-state index contributed by atoms with van der Waals surface area (Å²) in [7, 11) is 0. The molecule has 0 fully saturated rings. The van der Waals surface area contributed by atoms with Crippen LogP contribution in [0.4, 0.5) is 11.5 Å². The zero-order valence-corrected chi connectivity index (χ0v) is 14.5. The van der Waals surface area contributed by atoms with Gasteiger partial charge in [-0.05, 0) is 30.7 Å². The van der Waals surface area contributed by atoms with Crippen LogP contribution in [0.15, 0.2) is 60.7 Å². The van der Waals surface area contributed by atoms with Gasteiger partial charge in [-0.25, -0.2) is 9.48 Å². The van der Waals surface area contributed by atoms with Crippen molar-refractivity contribution in [3.05, 3.63) is 76.9 Å². The molecule has 0 aliphatic rings. The van der Waals surface area contributed by atoms with Crippen LogP contribution in [0.5, 0.6) is 0 Å². The number of ether oxygens (including phenoxy) is 1. The van der Waals surface area contributed by atoms with Crippen LogP contribution in [0.1, 0.15) is 23.0 Å². The molecule has 1 aromatic heterocycles. The second-order valence-electron chi connectivity index (χ2n) is 5.38. The first-order chi connectivity index (χ1) is 12.2. The van der Waals surface area contributed by atoms with Gasteiger partial charge in [0.05, 0.1) is 13.2 Å². The minimum Gasteiger partial charge on any atom is -0.461 e. The highest BCUT2D eigenvalue weighted by Crippen LogP contribution is 2.22. The Morgan fingerprint density at radius 3 is 2.60 bits per heavy atom. The largest absolute Gasteiger partial charge is 0.461 e. The third-order valence-corrected chi connectivity index (χ3v) is 3.96. The molecule has 1 heterocycles. The highest BCUT2D eigenvalue weighted by atomic mass is 35.5. The average Bonchev–Trinajstić information content (AvgIpc) is 3.01. The van der Waals surface area contributed by atoms with Crippen molar-refractivity contribution >= 4 is 29.1 Å². The number of rotatable bonds is 6. The molecule has 0 radical (unpaired) electrons. The second-order valence-corrected chi connectivity index (χ2v) is 5.78. The molecule has 6 heteroatoms. The Morgan fingerprint density at radius 2 is 1.88 bits per heavy atom. The lowest BCUT2D eigenvalue weighted by Gasteiger charge is -2.10. The summed E-state index contributed by atoms with van der Waals surface area (Å²) in [5.41, 5.74) is 2.07. The molecular formula is C19H18ClN3O2. The molecule has 0 aliphatic carbocycles. The molecule has 5 nitrogen and oxygen atoms in total. The number of benzene rings is 2. The Balaban J connectivity index is 1.93. The van der Waals surface area contributed by atoms with Crippen molar-refractivity contribution in [3.8, 4) is 0 Å². The molecule has 0 saturated carbocycles. The van der Waals surface area contributed by atoms with Crippen molar-refractivity contribution in [2.24, 2.45) is 0 Å². The van der Waals surface area contributed by atoms with E-state index in [9.17, 15) is 4.79 Å². The molecule has 1 N–H and O–H groups in total. The summed E-state index contributed by atoms with van der Waals surface area (Å²) in [6.07, 6.45) is 0. The second kappa shape index (κ2) is 7.85. The van der Waals surface area contributed by atoms with Gasteiger partial charge in [-0.2, -0.15) is 5.10 Å². The van der Waals surface area contributed by atoms with Crippen molar-refractivity contribution in [1.29, 1.82) is 0 Å². The fourth-order valence-electron chi connectivity index (χ4n) is 2.40. The molecule has 3 rings (SSSR count). The van der Waals surface area contributed by atoms with Gasteiger partial charge < -0.3 is 10.1 Å². The highest BCUT2D eigenvalue weighted by molar-refractivity contribution is 6.31. The summed E-state index contributed by atoms with van der Waals surface area (Å²) >= 11 is 6.25. The van der Waals surface area contributed by atoms with E-state index in [0.717, 1.165) is 11.3 Å². The molecular weight excluding hydrogens is 338 g/mol. The van der Waals surface area contributed by atoms with Gasteiger partial charge >= 0.3 is 5.97 Å². The molecule has 2 aromatic carbocycles. The first-order valence-electron chi connectivity index (χ1n) is 7.98. The maximum atomic E-state index is 12.0. The van der Waals surface area contributed by atoms with E-state index in [0.29, 0.717) is 24.0 Å². The van der Waals surface area contributed by atoms with Crippen molar-refractivity contribution in [3.63, 3.8) is 0 Å². The zero-order chi connectivity index (χ0) is 17.6. The van der Waals surface area contributed by atoms with Gasteiger partial charge in [-0.1, -0.05) is 48.0 Å². The Bertz CT molecular complexity index is 862. The Hall–Kier alpha value is -2.79. The summed E-state index contributed by atoms with van der Waals surface area (Å²) in [6.45, 7) is 2.51. The van der Waals surface area contributed by atoms with E-state index in [4.69, 9.17) is 16.3 Å². The van der Waals surface area contributed by atoms with Crippen LogP contribution < -0.4 is 5.32 Å². The van der Waals surface area contributed by atoms with Crippen LogP contribution in [-0.2, 0) is 11.3 Å². The third kappa shape index (κ3) is 4.19. The predicted molar refractivity (Wildman–Crippen MR) is 98.5 cm³/mol. The molecule has 0 spiro atoms. The van der Waals surface area contributed by atoms with Crippen LogP contribution in [0.2, 0.25) is 5.02 Å². The number of nitrogens with zero attached hydrogens (tertiary/aromatic N) is 2. The van der Waals surface area contributed by atoms with Gasteiger partial charge in [0.25, 0.3) is 0 Å². The van der Waals surface area contributed by atoms with Gasteiger partial charge in [0.15, 0.2) is 5.69 Å². The smallest absolute Gasteiger partial charge is 0.358 e. The van der Waals surface area contributed by atoms with Crippen LogP contribution in [0.3, 0.4) is 0 Å². The molecule has 3 aromatic rings. The molecule has 0 amide bonds. The summed E-state index contributed by atoms with van der Waals surface area (Å²) in [5, 5.41) is 8.32. The van der Waals surface area contributed by atoms with E-state index in [-0.39, 0.29) is 5.69 Å². The van der Waals surface area contributed by atoms with E-state index < -0.39 is 5.97 Å². The topological polar surface area (TPSA) is 56.1 Å². The average molecular weight is 356 g/mol. The van der Waals surface area contributed by atoms with Crippen molar-refractivity contribution in [2.45, 2.75) is 13.5 Å². The maximum Gasteiger partial charge on any atom is 0.358 e. The zero-order valence-electron chi connectivity index (χ0n) is 13.8. The van der Waals surface area contributed by atoms with Gasteiger partial charge in [0.1, 0.15) is 5.82 Å². The number of carbonyl (C=O) groups excluding carboxylic acids is 1. The Labute approximate surface area is 151 Å². The Morgan fingerprint density at radius 1 is 1.16 bits per heavy atom. The number of anilines is 2. The fraction of sp³-hybridized carbons (Fsp3) is 0.158. The number of para-hydroxylation sites is 1. The molecule has 0 bridgehead atoms. The molecule has 0 saturated heterocycles. The molecule has 128 valence electrons. The van der Waals surface area contributed by atoms with E-state index in [1.807, 2.05) is 54.6 Å². The summed E-state index contributed by atoms with van der Waals surface area (Å²) in [6, 6.07) is 18.9. The lowest BCUT2D eigenvalue weighted by atomic mass is 10.2. The monoisotopic (exact) mass is 355 g/mol. The van der Waals surface area contributed by atoms with Crippen LogP contribution in [-0.4, -0.2) is 22.4 Å². The fourth-order valence-corrected chi connectivity index (χ4v) is 2.60. The maximum absolute atomic E-state index is 12.0. The van der Waals surface area contributed by atoms with Gasteiger partial charge in [-0.3, -0.25) is 0 Å². The number of halogens is 1. The lowest BCUT2D eigenvalue weighted by Crippen LogP contribution is -2.09. The highest BCUT2D eigenvalue weighted by Gasteiger charge is 2.16. The first-order valence-corrected chi connectivity index (χ1v) is 8.35. The Kier molecular flexibility index (Phi) is 5.36. The summed E-state index contributed by atoms with van der Waals surface area (Å²) in [5.74, 6) is 0.241. The number of hydrogen-bond acceptors (Lipinski definition) is 4. The van der Waals surface area contributed by atoms with Gasteiger partial charge in [0, 0.05) is 16.8 Å². The first kappa shape index (κ1) is 17.0. The number of aromatic nitrogens is 2. The minimum atomic E-state index is -0.448. The van der Waals surface area contributed by atoms with Gasteiger partial charge in [-0.15, -0.1) is 0 Å². The molecule has 0 atom stereocenters. The standard InChI is InChI=1S/C19H18ClN3O2/c1-2-25-19(24)17-12-18(21-15-9-4-3-5-10-15)23(22-17)13-14-8-6-7-11-16(14)20/h3-12,21H,2,13H2,1H3. The lowest BCUT2D eigenvalue weighted by molar-refractivity contribution is 0.0518. The number of esters is 1. The minimum absolute atomic E-state index is 0.257. The van der Waals surface area contributed by atoms with Crippen LogP contribution in [0, 0.1) is 0 Å². The SMILES string of the molecule is CCOC(=O)c1cc(Nc2ccccc2)n(Cc2ccccc2Cl)n1. The number of nitrogens with one attached hydrogen (secondary N) is 1. The normalized spacial score (nSPS) is 10.5. The molecule has 25 heavy (non-hydrogen) atoms. The summed E-state index contributed by atoms with van der Waals surface area (Å²) in [4.78, 5) is 12.0. The van der Waals surface area contributed by atoms with E-state index in [1.165, 1.54) is 0 Å². The van der Waals surface area contributed by atoms with Crippen LogP contribution in [0.25, 0.3) is 0 Å². The quantitative estimate of drug-likeness (QED) is 0.661. The number of hydrogen-bond donors (Lipinski definition) is 1. The summed E-state index contributed by atoms with van der Waals surface area (Å²) < 4.78 is 6.76. The van der Waals surface area contributed by atoms with Crippen molar-refractivity contribution < 1.29 is 9.53 Å². The van der Waals surface area contributed by atoms with Crippen molar-refractivity contribution in [2.75, 3.05) is 11.9 Å². The number of carbonyl (C=O) groups is 1. The molecule has 0 unspecified atom stereocenters. The predicted octanol–water partition coefficient (Wildman–Crippen LogP) is 4.51. The van der Waals surface area contributed by atoms with E-state index in [2.05, 4.69) is 10.4 Å². The van der Waals surface area contributed by atoms with Crippen LogP contribution >= 0.6 is 11.6 Å². The van der Waals surface area contributed by atoms with Crippen molar-refractivity contribution in [1.82, 2.24) is 9.78 Å². The van der Waals surface area contributed by atoms with E-state index >= 15 is 0 Å². The molecule has 0 aliphatic heterocycles.